The number of rotatable bonds is 4. The minimum atomic E-state index is 0.482. The Kier molecular flexibility index (Phi) is 5.30. The van der Waals surface area contributed by atoms with Crippen LogP contribution in [0.1, 0.15) is 49.6 Å². The first-order chi connectivity index (χ1) is 9.08. The van der Waals surface area contributed by atoms with E-state index in [-0.39, 0.29) is 0 Å². The summed E-state index contributed by atoms with van der Waals surface area (Å²) in [5.41, 5.74) is 1.19. The van der Waals surface area contributed by atoms with Crippen LogP contribution in [0.3, 0.4) is 0 Å². The van der Waals surface area contributed by atoms with Crippen molar-refractivity contribution in [3.05, 3.63) is 10.6 Å². The van der Waals surface area contributed by atoms with E-state index < -0.39 is 0 Å². The van der Waals surface area contributed by atoms with E-state index in [9.17, 15) is 0 Å². The molecule has 4 nitrogen and oxygen atoms in total. The summed E-state index contributed by atoms with van der Waals surface area (Å²) in [5.74, 6) is 0.482. The highest BCUT2D eigenvalue weighted by atomic mass is 32.1. The second-order valence-corrected chi connectivity index (χ2v) is 6.90. The van der Waals surface area contributed by atoms with Crippen LogP contribution in [-0.4, -0.2) is 52.6 Å². The maximum absolute atomic E-state index is 4.28. The van der Waals surface area contributed by atoms with Gasteiger partial charge in [-0.2, -0.15) is 0 Å². The first kappa shape index (κ1) is 14.9. The highest BCUT2D eigenvalue weighted by molar-refractivity contribution is 7.05. The van der Waals surface area contributed by atoms with Gasteiger partial charge in [0.2, 0.25) is 0 Å². The molecule has 0 N–H and O–H groups in total. The molecule has 19 heavy (non-hydrogen) atoms. The van der Waals surface area contributed by atoms with Gasteiger partial charge in [0.1, 0.15) is 0 Å². The van der Waals surface area contributed by atoms with E-state index in [0.717, 1.165) is 12.6 Å². The van der Waals surface area contributed by atoms with Gasteiger partial charge in [0.25, 0.3) is 0 Å². The third-order valence-electron chi connectivity index (χ3n) is 4.02. The molecule has 1 aliphatic heterocycles. The van der Waals surface area contributed by atoms with Crippen molar-refractivity contribution in [1.29, 1.82) is 0 Å². The fourth-order valence-electron chi connectivity index (χ4n) is 2.78. The largest absolute Gasteiger partial charge is 0.306 e. The summed E-state index contributed by atoms with van der Waals surface area (Å²) in [6, 6.07) is 0.745. The highest BCUT2D eigenvalue weighted by Crippen LogP contribution is 2.23. The van der Waals surface area contributed by atoms with E-state index in [4.69, 9.17) is 0 Å². The van der Waals surface area contributed by atoms with Crippen LogP contribution < -0.4 is 0 Å². The Morgan fingerprint density at radius 3 is 2.79 bits per heavy atom. The van der Waals surface area contributed by atoms with Gasteiger partial charge in [0, 0.05) is 19.1 Å². The molecule has 0 saturated carbocycles. The first-order valence-corrected chi connectivity index (χ1v) is 8.05. The zero-order valence-corrected chi connectivity index (χ0v) is 13.4. The summed E-state index contributed by atoms with van der Waals surface area (Å²) >= 11 is 1.57. The predicted octanol–water partition coefficient (Wildman–Crippen LogP) is 2.58. The predicted molar refractivity (Wildman–Crippen MR) is 80.6 cm³/mol. The summed E-state index contributed by atoms with van der Waals surface area (Å²) in [7, 11) is 4.40. The van der Waals surface area contributed by atoms with Gasteiger partial charge in [0.15, 0.2) is 0 Å². The second-order valence-electron chi connectivity index (χ2n) is 6.06. The summed E-state index contributed by atoms with van der Waals surface area (Å²) < 4.78 is 4.13. The standard InChI is InChI=1S/C14H26N4S/c1-11(2)14-13(19-16-15-14)10-18-8-5-6-12(7-9-18)17(3)4/h11-12H,5-10H2,1-4H3. The maximum Gasteiger partial charge on any atom is 0.0826 e. The minimum absolute atomic E-state index is 0.482. The van der Waals surface area contributed by atoms with Gasteiger partial charge >= 0.3 is 0 Å². The van der Waals surface area contributed by atoms with Crippen LogP contribution in [0.25, 0.3) is 0 Å². The fraction of sp³-hybridized carbons (Fsp3) is 0.857. The Morgan fingerprint density at radius 2 is 2.11 bits per heavy atom. The van der Waals surface area contributed by atoms with Crippen LogP contribution in [0.15, 0.2) is 0 Å². The van der Waals surface area contributed by atoms with Crippen LogP contribution in [0, 0.1) is 0 Å². The monoisotopic (exact) mass is 282 g/mol. The normalized spacial score (nSPS) is 22.1. The molecule has 5 heteroatoms. The fourth-order valence-corrected chi connectivity index (χ4v) is 3.62. The summed E-state index contributed by atoms with van der Waals surface area (Å²) in [6.07, 6.45) is 3.89. The lowest BCUT2D eigenvalue weighted by molar-refractivity contribution is 0.246. The van der Waals surface area contributed by atoms with Gasteiger partial charge in [-0.1, -0.05) is 18.3 Å². The van der Waals surface area contributed by atoms with E-state index >= 15 is 0 Å². The van der Waals surface area contributed by atoms with E-state index in [1.165, 1.54) is 42.9 Å². The number of hydrogen-bond donors (Lipinski definition) is 0. The van der Waals surface area contributed by atoms with Crippen LogP contribution in [0.5, 0.6) is 0 Å². The second kappa shape index (κ2) is 6.77. The molecule has 2 rings (SSSR count). The molecule has 1 aromatic rings. The number of likely N-dealkylation sites (tertiary alicyclic amines) is 1. The van der Waals surface area contributed by atoms with Crippen molar-refractivity contribution >= 4 is 11.5 Å². The Morgan fingerprint density at radius 1 is 1.32 bits per heavy atom. The molecular formula is C14H26N4S. The third-order valence-corrected chi connectivity index (χ3v) is 4.74. The summed E-state index contributed by atoms with van der Waals surface area (Å²) in [4.78, 5) is 6.31. The van der Waals surface area contributed by atoms with Gasteiger partial charge in [-0.15, -0.1) is 5.10 Å². The smallest absolute Gasteiger partial charge is 0.0826 e. The molecule has 1 aromatic heterocycles. The molecular weight excluding hydrogens is 256 g/mol. The number of hydrogen-bond acceptors (Lipinski definition) is 5. The summed E-state index contributed by atoms with van der Waals surface area (Å²) in [5, 5.41) is 4.28. The molecule has 1 fully saturated rings. The van der Waals surface area contributed by atoms with Gasteiger partial charge in [-0.3, -0.25) is 4.90 Å². The maximum atomic E-state index is 4.28. The lowest BCUT2D eigenvalue weighted by Crippen LogP contribution is -2.30. The van der Waals surface area contributed by atoms with Gasteiger partial charge < -0.3 is 4.90 Å². The van der Waals surface area contributed by atoms with Gasteiger partial charge in [0.05, 0.1) is 10.6 Å². The molecule has 0 amide bonds. The molecule has 108 valence electrons. The lowest BCUT2D eigenvalue weighted by atomic mass is 10.1. The SMILES string of the molecule is CC(C)c1nnsc1CN1CCCC(N(C)C)CC1. The van der Waals surface area contributed by atoms with Crippen molar-refractivity contribution in [2.75, 3.05) is 27.2 Å². The Labute approximate surface area is 121 Å². The lowest BCUT2D eigenvalue weighted by Gasteiger charge is -2.23. The van der Waals surface area contributed by atoms with Crippen molar-refractivity contribution in [3.63, 3.8) is 0 Å². The molecule has 1 aliphatic rings. The van der Waals surface area contributed by atoms with Crippen LogP contribution in [0.2, 0.25) is 0 Å². The molecule has 1 unspecified atom stereocenters. The van der Waals surface area contributed by atoms with Crippen LogP contribution in [0.4, 0.5) is 0 Å². The average molecular weight is 282 g/mol. The zero-order valence-electron chi connectivity index (χ0n) is 12.6. The van der Waals surface area contributed by atoms with E-state index in [0.29, 0.717) is 5.92 Å². The van der Waals surface area contributed by atoms with Gasteiger partial charge in [-0.05, 0) is 57.4 Å². The zero-order chi connectivity index (χ0) is 13.8. The molecule has 0 bridgehead atoms. The van der Waals surface area contributed by atoms with Gasteiger partial charge in [-0.25, -0.2) is 0 Å². The van der Waals surface area contributed by atoms with Crippen LogP contribution in [-0.2, 0) is 6.54 Å². The molecule has 0 radical (unpaired) electrons. The van der Waals surface area contributed by atoms with Crippen molar-refractivity contribution < 1.29 is 0 Å². The molecule has 2 heterocycles. The average Bonchev–Trinajstić information content (AvgIpc) is 2.67. The number of aromatic nitrogens is 2. The van der Waals surface area contributed by atoms with Crippen molar-refractivity contribution in [3.8, 4) is 0 Å². The van der Waals surface area contributed by atoms with E-state index in [1.807, 2.05) is 0 Å². The van der Waals surface area contributed by atoms with Crippen molar-refractivity contribution in [2.45, 2.75) is 51.6 Å². The van der Waals surface area contributed by atoms with Crippen LogP contribution >= 0.6 is 11.5 Å². The highest BCUT2D eigenvalue weighted by Gasteiger charge is 2.20. The van der Waals surface area contributed by atoms with Crippen molar-refractivity contribution in [1.82, 2.24) is 19.4 Å². The minimum Gasteiger partial charge on any atom is -0.306 e. The molecule has 0 aromatic carbocycles. The third kappa shape index (κ3) is 3.97. The Hall–Kier alpha value is -0.520. The van der Waals surface area contributed by atoms with Crippen molar-refractivity contribution in [2.24, 2.45) is 0 Å². The molecule has 0 spiro atoms. The summed E-state index contributed by atoms with van der Waals surface area (Å²) in [6.45, 7) is 7.83. The Balaban J connectivity index is 1.94. The van der Waals surface area contributed by atoms with E-state index in [1.54, 1.807) is 11.5 Å². The quantitative estimate of drug-likeness (QED) is 0.849. The topological polar surface area (TPSA) is 32.3 Å². The Bertz CT molecular complexity index is 389. The molecule has 1 saturated heterocycles. The molecule has 1 atom stereocenters. The van der Waals surface area contributed by atoms with E-state index in [2.05, 4.69) is 47.3 Å². The first-order valence-electron chi connectivity index (χ1n) is 7.28. The number of nitrogens with zero attached hydrogens (tertiary/aromatic N) is 4. The molecule has 0 aliphatic carbocycles.